The molecule has 0 spiro atoms. The summed E-state index contributed by atoms with van der Waals surface area (Å²) in [5.41, 5.74) is -0.842. The molecule has 4 aliphatic carbocycles. The Balaban J connectivity index is 1.82. The number of carbonyl (C=O) groups excluding carboxylic acids is 1. The fraction of sp³-hybridized carbons (Fsp3) is 0.950. The smallest absolute Gasteiger partial charge is 0.312 e. The van der Waals surface area contributed by atoms with Gasteiger partial charge in [0.05, 0.1) is 16.6 Å². The van der Waals surface area contributed by atoms with E-state index in [0.29, 0.717) is 11.8 Å². The van der Waals surface area contributed by atoms with Crippen LogP contribution in [0.5, 0.6) is 0 Å². The van der Waals surface area contributed by atoms with Crippen LogP contribution in [-0.4, -0.2) is 27.2 Å². The second kappa shape index (κ2) is 6.11. The fourth-order valence-electron chi connectivity index (χ4n) is 5.38. The van der Waals surface area contributed by atoms with Gasteiger partial charge in [0.1, 0.15) is 5.60 Å². The highest BCUT2D eigenvalue weighted by molar-refractivity contribution is 14.1. The van der Waals surface area contributed by atoms with Crippen LogP contribution in [0, 0.1) is 17.3 Å². The Bertz CT molecular complexity index is 497. The van der Waals surface area contributed by atoms with Crippen LogP contribution in [0.25, 0.3) is 0 Å². The molecule has 3 nitrogen and oxygen atoms in total. The van der Waals surface area contributed by atoms with Crippen molar-refractivity contribution in [2.75, 3.05) is 4.43 Å². The van der Waals surface area contributed by atoms with Crippen molar-refractivity contribution in [3.63, 3.8) is 0 Å². The van der Waals surface area contributed by atoms with Gasteiger partial charge in [-0.3, -0.25) is 4.79 Å². The molecule has 0 N–H and O–H groups in total. The summed E-state index contributed by atoms with van der Waals surface area (Å²) in [7, 11) is 0. The van der Waals surface area contributed by atoms with Crippen molar-refractivity contribution < 1.29 is 14.3 Å². The van der Waals surface area contributed by atoms with Crippen LogP contribution in [0.4, 0.5) is 0 Å². The number of carbonyl (C=O) groups is 1. The maximum absolute atomic E-state index is 12.8. The molecule has 0 heterocycles. The highest BCUT2D eigenvalue weighted by Crippen LogP contribution is 2.61. The highest BCUT2D eigenvalue weighted by atomic mass is 127. The van der Waals surface area contributed by atoms with E-state index in [-0.39, 0.29) is 22.8 Å². The van der Waals surface area contributed by atoms with Gasteiger partial charge in [0, 0.05) is 10.8 Å². The SMILES string of the molecule is CCC(C)(C)OC12CC3CC(CC(OC(=O)C(C)(C)CI)(C3)C1)C2. The van der Waals surface area contributed by atoms with Crippen LogP contribution in [-0.2, 0) is 14.3 Å². The first-order valence-electron chi connectivity index (χ1n) is 9.52. The van der Waals surface area contributed by atoms with Gasteiger partial charge in [0.25, 0.3) is 0 Å². The lowest BCUT2D eigenvalue weighted by molar-refractivity contribution is -0.262. The Hall–Kier alpha value is 0.160. The number of rotatable bonds is 6. The molecule has 4 aliphatic rings. The van der Waals surface area contributed by atoms with Gasteiger partial charge in [0.2, 0.25) is 0 Å². The minimum atomic E-state index is -0.402. The molecule has 4 fully saturated rings. The van der Waals surface area contributed by atoms with E-state index in [1.807, 2.05) is 13.8 Å². The maximum atomic E-state index is 12.8. The number of hydrogen-bond acceptors (Lipinski definition) is 3. The van der Waals surface area contributed by atoms with Crippen molar-refractivity contribution in [2.24, 2.45) is 17.3 Å². The summed E-state index contributed by atoms with van der Waals surface area (Å²) in [5.74, 6) is 1.30. The van der Waals surface area contributed by atoms with Crippen molar-refractivity contribution in [2.45, 2.75) is 96.4 Å². The predicted molar refractivity (Wildman–Crippen MR) is 104 cm³/mol. The molecule has 4 bridgehead atoms. The van der Waals surface area contributed by atoms with Gasteiger partial charge in [-0.15, -0.1) is 0 Å². The zero-order chi connectivity index (χ0) is 17.8. The molecule has 0 radical (unpaired) electrons. The van der Waals surface area contributed by atoms with Crippen molar-refractivity contribution >= 4 is 28.6 Å². The van der Waals surface area contributed by atoms with E-state index in [2.05, 4.69) is 43.4 Å². The molecule has 24 heavy (non-hydrogen) atoms. The summed E-state index contributed by atoms with van der Waals surface area (Å²) in [6.45, 7) is 10.6. The average Bonchev–Trinajstić information content (AvgIpc) is 2.44. The minimum Gasteiger partial charge on any atom is -0.459 e. The van der Waals surface area contributed by atoms with Gasteiger partial charge in [0.15, 0.2) is 0 Å². The topological polar surface area (TPSA) is 35.5 Å². The monoisotopic (exact) mass is 448 g/mol. The lowest BCUT2D eigenvalue weighted by atomic mass is 9.52. The normalized spacial score (nSPS) is 38.4. The van der Waals surface area contributed by atoms with Gasteiger partial charge < -0.3 is 9.47 Å². The molecule has 4 heteroatoms. The maximum Gasteiger partial charge on any atom is 0.312 e. The summed E-state index contributed by atoms with van der Waals surface area (Å²) in [6.07, 6.45) is 7.61. The summed E-state index contributed by atoms with van der Waals surface area (Å²) in [4.78, 5) is 12.8. The van der Waals surface area contributed by atoms with E-state index < -0.39 is 5.41 Å². The van der Waals surface area contributed by atoms with Crippen LogP contribution in [0.3, 0.4) is 0 Å². The summed E-state index contributed by atoms with van der Waals surface area (Å²) >= 11 is 2.29. The Morgan fingerprint density at radius 3 is 2.12 bits per heavy atom. The molecule has 0 saturated heterocycles. The Labute approximate surface area is 160 Å². The first-order valence-corrected chi connectivity index (χ1v) is 11.0. The Morgan fingerprint density at radius 1 is 1.08 bits per heavy atom. The van der Waals surface area contributed by atoms with Gasteiger partial charge in [-0.1, -0.05) is 29.5 Å². The first-order chi connectivity index (χ1) is 11.0. The van der Waals surface area contributed by atoms with E-state index in [0.717, 1.165) is 43.0 Å². The number of ether oxygens (including phenoxy) is 2. The summed E-state index contributed by atoms with van der Waals surface area (Å²) in [5, 5.41) is 0. The summed E-state index contributed by atoms with van der Waals surface area (Å²) < 4.78 is 13.8. The first kappa shape index (κ1) is 18.9. The number of hydrogen-bond donors (Lipinski definition) is 0. The molecule has 0 aromatic heterocycles. The number of esters is 1. The van der Waals surface area contributed by atoms with E-state index >= 15 is 0 Å². The van der Waals surface area contributed by atoms with E-state index in [9.17, 15) is 4.79 Å². The quantitative estimate of drug-likeness (QED) is 0.315. The van der Waals surface area contributed by atoms with Crippen LogP contribution >= 0.6 is 22.6 Å². The third-order valence-corrected chi connectivity index (χ3v) is 8.40. The van der Waals surface area contributed by atoms with E-state index in [1.54, 1.807) is 0 Å². The van der Waals surface area contributed by atoms with Gasteiger partial charge in [-0.25, -0.2) is 0 Å². The number of halogens is 1. The van der Waals surface area contributed by atoms with Crippen molar-refractivity contribution in [3.05, 3.63) is 0 Å². The lowest BCUT2D eigenvalue weighted by Gasteiger charge is -2.62. The summed E-state index contributed by atoms with van der Waals surface area (Å²) in [6, 6.07) is 0. The molecule has 2 atom stereocenters. The molecule has 2 unspecified atom stereocenters. The third-order valence-electron chi connectivity index (χ3n) is 6.49. The third kappa shape index (κ3) is 3.51. The van der Waals surface area contributed by atoms with Gasteiger partial charge in [-0.2, -0.15) is 0 Å². The largest absolute Gasteiger partial charge is 0.459 e. The number of alkyl halides is 1. The van der Waals surface area contributed by atoms with Crippen molar-refractivity contribution in [3.8, 4) is 0 Å². The minimum absolute atomic E-state index is 0.0243. The van der Waals surface area contributed by atoms with Gasteiger partial charge >= 0.3 is 5.97 Å². The zero-order valence-corrected chi connectivity index (χ0v) is 18.1. The molecule has 138 valence electrons. The molecule has 0 aliphatic heterocycles. The highest BCUT2D eigenvalue weighted by Gasteiger charge is 2.61. The molecule has 0 aromatic rings. The van der Waals surface area contributed by atoms with Crippen molar-refractivity contribution in [1.82, 2.24) is 0 Å². The second-order valence-electron chi connectivity index (χ2n) is 9.95. The van der Waals surface area contributed by atoms with Crippen LogP contribution in [0.1, 0.15) is 79.6 Å². The molecule has 4 rings (SSSR count). The Kier molecular flexibility index (Phi) is 4.82. The van der Waals surface area contributed by atoms with Crippen LogP contribution < -0.4 is 0 Å². The molecular formula is C20H33IO3. The average molecular weight is 448 g/mol. The Morgan fingerprint density at radius 2 is 1.62 bits per heavy atom. The molecule has 4 saturated carbocycles. The van der Waals surface area contributed by atoms with Crippen LogP contribution in [0.15, 0.2) is 0 Å². The predicted octanol–water partition coefficient (Wildman–Crippen LogP) is 5.29. The molecular weight excluding hydrogens is 415 g/mol. The molecule has 0 aromatic carbocycles. The molecule has 0 amide bonds. The van der Waals surface area contributed by atoms with E-state index in [1.165, 1.54) is 6.42 Å². The standard InChI is InChI=1S/C20H33IO3/c1-6-18(4,5)24-20-10-14-7-15(11-20)9-19(8-14,12-20)23-16(22)17(2,3)13-21/h14-15H,6-13H2,1-5H3. The lowest BCUT2D eigenvalue weighted by Crippen LogP contribution is -2.63. The van der Waals surface area contributed by atoms with Crippen molar-refractivity contribution in [1.29, 1.82) is 0 Å². The van der Waals surface area contributed by atoms with Crippen LogP contribution in [0.2, 0.25) is 0 Å². The second-order valence-corrected chi connectivity index (χ2v) is 10.7. The van der Waals surface area contributed by atoms with Gasteiger partial charge in [-0.05, 0) is 78.1 Å². The fourth-order valence-corrected chi connectivity index (χ4v) is 5.69. The van der Waals surface area contributed by atoms with E-state index in [4.69, 9.17) is 9.47 Å². The zero-order valence-electron chi connectivity index (χ0n) is 15.9.